The van der Waals surface area contributed by atoms with Gasteiger partial charge in [-0.1, -0.05) is 66.8 Å². The third kappa shape index (κ3) is 4.41. The molecule has 3 aromatic rings. The fraction of sp³-hybridized carbons (Fsp3) is 0.217. The lowest BCUT2D eigenvalue weighted by Crippen LogP contribution is -2.54. The number of benzene rings is 3. The van der Waals surface area contributed by atoms with Gasteiger partial charge in [0, 0.05) is 0 Å². The van der Waals surface area contributed by atoms with Crippen LogP contribution in [0.3, 0.4) is 0 Å². The molecule has 4 heteroatoms. The van der Waals surface area contributed by atoms with Crippen LogP contribution < -0.4 is 19.8 Å². The molecule has 0 aliphatic rings. The summed E-state index contributed by atoms with van der Waals surface area (Å²) < 4.78 is 11.1. The minimum absolute atomic E-state index is 0.0790. The lowest BCUT2D eigenvalue weighted by atomic mass is 10.2. The summed E-state index contributed by atoms with van der Waals surface area (Å²) in [6, 6.07) is 24.5. The minimum atomic E-state index is -1.87. The van der Waals surface area contributed by atoms with Crippen molar-refractivity contribution in [3.8, 4) is 11.5 Å². The fourth-order valence-corrected chi connectivity index (χ4v) is 6.07. The van der Waals surface area contributed by atoms with Gasteiger partial charge in [0.15, 0.2) is 0 Å². The fourth-order valence-electron chi connectivity index (χ4n) is 3.28. The zero-order valence-electron chi connectivity index (χ0n) is 16.1. The van der Waals surface area contributed by atoms with Crippen molar-refractivity contribution >= 4 is 18.4 Å². The third-order valence-corrected chi connectivity index (χ3v) is 8.61. The first kappa shape index (κ1) is 19.2. The first-order chi connectivity index (χ1) is 13.0. The predicted octanol–water partition coefficient (Wildman–Crippen LogP) is 3.59. The first-order valence-corrected chi connectivity index (χ1v) is 12.1. The van der Waals surface area contributed by atoms with Crippen LogP contribution in [0.15, 0.2) is 72.8 Å². The quantitative estimate of drug-likeness (QED) is 0.639. The van der Waals surface area contributed by atoms with E-state index in [2.05, 4.69) is 37.4 Å². The van der Waals surface area contributed by atoms with Crippen LogP contribution in [-0.4, -0.2) is 20.3 Å². The first-order valence-electron chi connectivity index (χ1n) is 9.10. The van der Waals surface area contributed by atoms with Crippen molar-refractivity contribution in [3.05, 3.63) is 83.9 Å². The van der Waals surface area contributed by atoms with Crippen molar-refractivity contribution < 1.29 is 14.6 Å². The molecule has 27 heavy (non-hydrogen) atoms. The molecular weight excluding hydrogens is 352 g/mol. The molecule has 1 N–H and O–H groups in total. The van der Waals surface area contributed by atoms with Crippen LogP contribution in [0, 0.1) is 0 Å². The number of hydrogen-bond donors (Lipinski definition) is 1. The molecule has 0 bridgehead atoms. The van der Waals surface area contributed by atoms with E-state index < -0.39 is 8.07 Å². The van der Waals surface area contributed by atoms with Crippen LogP contribution in [-0.2, 0) is 13.2 Å². The van der Waals surface area contributed by atoms with Crippen molar-refractivity contribution in [2.45, 2.75) is 26.3 Å². The molecule has 0 aliphatic heterocycles. The normalized spacial score (nSPS) is 11.3. The summed E-state index contributed by atoms with van der Waals surface area (Å²) >= 11 is 0. The van der Waals surface area contributed by atoms with Gasteiger partial charge in [-0.05, 0) is 40.6 Å². The van der Waals surface area contributed by atoms with Gasteiger partial charge in [-0.3, -0.25) is 0 Å². The molecule has 0 atom stereocenters. The molecule has 140 valence electrons. The summed E-state index contributed by atoms with van der Waals surface area (Å²) in [4.78, 5) is 0. The second-order valence-electron chi connectivity index (χ2n) is 7.10. The largest absolute Gasteiger partial charge is 0.497 e. The summed E-state index contributed by atoms with van der Waals surface area (Å²) in [6.07, 6.45) is 0. The maximum atomic E-state index is 9.68. The highest BCUT2D eigenvalue weighted by molar-refractivity contribution is 7.00. The van der Waals surface area contributed by atoms with E-state index in [9.17, 15) is 5.11 Å². The molecule has 0 spiro atoms. The predicted molar refractivity (Wildman–Crippen MR) is 113 cm³/mol. The average Bonchev–Trinajstić information content (AvgIpc) is 2.73. The second-order valence-corrected chi connectivity index (χ2v) is 11.5. The number of hydrogen-bond acceptors (Lipinski definition) is 3. The van der Waals surface area contributed by atoms with Crippen LogP contribution in [0.1, 0.15) is 11.1 Å². The Balaban J connectivity index is 1.72. The average molecular weight is 379 g/mol. The molecule has 0 unspecified atom stereocenters. The van der Waals surface area contributed by atoms with E-state index in [-0.39, 0.29) is 6.61 Å². The van der Waals surface area contributed by atoms with Gasteiger partial charge in [-0.2, -0.15) is 0 Å². The zero-order valence-corrected chi connectivity index (χ0v) is 17.1. The topological polar surface area (TPSA) is 38.7 Å². The molecular formula is C23H26O3Si. The summed E-state index contributed by atoms with van der Waals surface area (Å²) in [5, 5.41) is 12.3. The van der Waals surface area contributed by atoms with E-state index in [0.29, 0.717) is 6.61 Å². The van der Waals surface area contributed by atoms with Crippen molar-refractivity contribution in [1.29, 1.82) is 0 Å². The number of aliphatic hydroxyl groups excluding tert-OH is 1. The number of rotatable bonds is 7. The summed E-state index contributed by atoms with van der Waals surface area (Å²) in [5.41, 5.74) is 2.13. The van der Waals surface area contributed by atoms with Crippen molar-refractivity contribution in [2.75, 3.05) is 7.11 Å². The number of ether oxygens (including phenoxy) is 2. The van der Waals surface area contributed by atoms with Gasteiger partial charge in [0.25, 0.3) is 0 Å². The molecule has 0 fully saturated rings. The Bertz CT molecular complexity index is 871. The van der Waals surface area contributed by atoms with Crippen LogP contribution in [0.25, 0.3) is 0 Å². The van der Waals surface area contributed by atoms with Crippen molar-refractivity contribution in [2.24, 2.45) is 0 Å². The maximum absolute atomic E-state index is 9.68. The summed E-state index contributed by atoms with van der Waals surface area (Å²) in [7, 11) is -0.207. The molecule has 0 aromatic heterocycles. The van der Waals surface area contributed by atoms with E-state index in [0.717, 1.165) is 22.6 Å². The Hall–Kier alpha value is -2.56. The van der Waals surface area contributed by atoms with Gasteiger partial charge in [0.1, 0.15) is 26.2 Å². The van der Waals surface area contributed by atoms with E-state index in [1.54, 1.807) is 7.11 Å². The standard InChI is InChI=1S/C23H26O3Si/c1-25-20-10-8-18(9-11-20)17-26-21-12-14-22(15-13-21)27(2,3)23-7-5-4-6-19(23)16-24/h4-15,24H,16-17H2,1-3H3. The molecule has 0 heterocycles. The summed E-state index contributed by atoms with van der Waals surface area (Å²) in [5.74, 6) is 1.70. The van der Waals surface area contributed by atoms with Crippen molar-refractivity contribution in [1.82, 2.24) is 0 Å². The third-order valence-electron chi connectivity index (χ3n) is 5.00. The Labute approximate surface area is 162 Å². The number of methoxy groups -OCH3 is 1. The van der Waals surface area contributed by atoms with Gasteiger partial charge < -0.3 is 14.6 Å². The molecule has 0 amide bonds. The molecule has 3 nitrogen and oxygen atoms in total. The van der Waals surface area contributed by atoms with Crippen LogP contribution in [0.5, 0.6) is 11.5 Å². The Morgan fingerprint density at radius 3 is 2.07 bits per heavy atom. The number of aliphatic hydroxyl groups is 1. The second kappa shape index (κ2) is 8.42. The Morgan fingerprint density at radius 1 is 0.815 bits per heavy atom. The van der Waals surface area contributed by atoms with Gasteiger partial charge in [-0.15, -0.1) is 0 Å². The van der Waals surface area contributed by atoms with Crippen LogP contribution in [0.4, 0.5) is 0 Å². The monoisotopic (exact) mass is 378 g/mol. The van der Waals surface area contributed by atoms with Gasteiger partial charge in [0.05, 0.1) is 13.7 Å². The lowest BCUT2D eigenvalue weighted by Gasteiger charge is -2.26. The van der Waals surface area contributed by atoms with Gasteiger partial charge in [-0.25, -0.2) is 0 Å². The van der Waals surface area contributed by atoms with Gasteiger partial charge >= 0.3 is 0 Å². The van der Waals surface area contributed by atoms with Gasteiger partial charge in [0.2, 0.25) is 0 Å². The summed E-state index contributed by atoms with van der Waals surface area (Å²) in [6.45, 7) is 5.23. The van der Waals surface area contributed by atoms with Crippen LogP contribution in [0.2, 0.25) is 13.1 Å². The van der Waals surface area contributed by atoms with E-state index in [1.165, 1.54) is 10.4 Å². The molecule has 0 saturated carbocycles. The highest BCUT2D eigenvalue weighted by atomic mass is 28.3. The Morgan fingerprint density at radius 2 is 1.44 bits per heavy atom. The van der Waals surface area contributed by atoms with Crippen molar-refractivity contribution in [3.63, 3.8) is 0 Å². The molecule has 0 radical (unpaired) electrons. The van der Waals surface area contributed by atoms with Crippen LogP contribution >= 0.6 is 0 Å². The van der Waals surface area contributed by atoms with E-state index in [4.69, 9.17) is 9.47 Å². The maximum Gasteiger partial charge on any atom is 0.119 e. The molecule has 0 saturated heterocycles. The Kier molecular flexibility index (Phi) is 5.99. The van der Waals surface area contributed by atoms with E-state index in [1.807, 2.05) is 48.5 Å². The molecule has 3 rings (SSSR count). The van der Waals surface area contributed by atoms with E-state index >= 15 is 0 Å². The minimum Gasteiger partial charge on any atom is -0.497 e. The lowest BCUT2D eigenvalue weighted by molar-refractivity contribution is 0.283. The zero-order chi connectivity index (χ0) is 19.3. The smallest absolute Gasteiger partial charge is 0.119 e. The highest BCUT2D eigenvalue weighted by Crippen LogP contribution is 2.16. The molecule has 3 aromatic carbocycles. The SMILES string of the molecule is COc1ccc(COc2ccc([Si](C)(C)c3ccccc3CO)cc2)cc1. The highest BCUT2D eigenvalue weighted by Gasteiger charge is 2.28. The molecule has 0 aliphatic carbocycles.